The van der Waals surface area contributed by atoms with Crippen molar-refractivity contribution in [2.45, 2.75) is 20.4 Å². The Balaban J connectivity index is 0.00000312. The maximum atomic E-state index is 5.49. The van der Waals surface area contributed by atoms with Gasteiger partial charge in [-0.25, -0.2) is 0 Å². The van der Waals surface area contributed by atoms with E-state index in [-0.39, 0.29) is 24.0 Å². The molecule has 0 bridgehead atoms. The molecule has 1 aromatic rings. The van der Waals surface area contributed by atoms with Crippen LogP contribution in [-0.2, 0) is 6.54 Å². The van der Waals surface area contributed by atoms with Gasteiger partial charge in [-0.1, -0.05) is 0 Å². The number of ether oxygens (including phenoxy) is 2. The lowest BCUT2D eigenvalue weighted by Crippen LogP contribution is -2.52. The highest BCUT2D eigenvalue weighted by Gasteiger charge is 2.20. The van der Waals surface area contributed by atoms with Gasteiger partial charge < -0.3 is 19.7 Å². The van der Waals surface area contributed by atoms with Crippen LogP contribution in [0.4, 0.5) is 0 Å². The van der Waals surface area contributed by atoms with Gasteiger partial charge in [-0.3, -0.25) is 9.89 Å². The van der Waals surface area contributed by atoms with E-state index < -0.39 is 0 Å². The monoisotopic (exact) mass is 462 g/mol. The average molecular weight is 462 g/mol. The molecule has 25 heavy (non-hydrogen) atoms. The Morgan fingerprint density at radius 1 is 1.12 bits per heavy atom. The molecule has 2 rings (SSSR count). The summed E-state index contributed by atoms with van der Waals surface area (Å²) in [7, 11) is 3.41. The van der Waals surface area contributed by atoms with E-state index in [0.717, 1.165) is 63.3 Å². The van der Waals surface area contributed by atoms with Crippen LogP contribution >= 0.6 is 24.0 Å². The zero-order chi connectivity index (χ0) is 17.4. The van der Waals surface area contributed by atoms with Crippen LogP contribution in [0.15, 0.2) is 23.2 Å². The summed E-state index contributed by atoms with van der Waals surface area (Å²) in [5, 5.41) is 3.37. The molecule has 1 saturated heterocycles. The van der Waals surface area contributed by atoms with Crippen LogP contribution in [0.1, 0.15) is 19.4 Å². The van der Waals surface area contributed by atoms with Gasteiger partial charge in [-0.2, -0.15) is 0 Å². The SMILES string of the molecule is CCN=C(NCC)N1CCN(Cc2cc(OC)ccc2OC)CC1.I. The lowest BCUT2D eigenvalue weighted by molar-refractivity contribution is 0.171. The van der Waals surface area contributed by atoms with Crippen molar-refractivity contribution in [1.82, 2.24) is 15.1 Å². The molecule has 1 N–H and O–H groups in total. The van der Waals surface area contributed by atoms with E-state index in [9.17, 15) is 0 Å². The maximum Gasteiger partial charge on any atom is 0.193 e. The topological polar surface area (TPSA) is 49.3 Å². The van der Waals surface area contributed by atoms with Crippen LogP contribution in [0.2, 0.25) is 0 Å². The standard InChI is InChI=1S/C18H30N4O2.HI/c1-5-19-18(20-6-2)22-11-9-21(10-12-22)14-15-13-16(23-3)7-8-17(15)24-4;/h7-8,13H,5-6,9-12,14H2,1-4H3,(H,19,20);1H. The second-order valence-electron chi connectivity index (χ2n) is 5.77. The number of halogens is 1. The van der Waals surface area contributed by atoms with Crippen molar-refractivity contribution in [3.05, 3.63) is 23.8 Å². The second kappa shape index (κ2) is 11.4. The molecule has 1 heterocycles. The first-order valence-corrected chi connectivity index (χ1v) is 8.68. The lowest BCUT2D eigenvalue weighted by Gasteiger charge is -2.36. The van der Waals surface area contributed by atoms with Crippen LogP contribution < -0.4 is 14.8 Å². The van der Waals surface area contributed by atoms with E-state index in [0.29, 0.717) is 0 Å². The zero-order valence-corrected chi connectivity index (χ0v) is 18.1. The summed E-state index contributed by atoms with van der Waals surface area (Å²) >= 11 is 0. The highest BCUT2D eigenvalue weighted by Crippen LogP contribution is 2.25. The van der Waals surface area contributed by atoms with E-state index in [4.69, 9.17) is 9.47 Å². The molecule has 0 saturated carbocycles. The number of nitrogens with one attached hydrogen (secondary N) is 1. The Hall–Kier alpha value is -1.22. The molecular weight excluding hydrogens is 431 g/mol. The van der Waals surface area contributed by atoms with Crippen molar-refractivity contribution in [3.8, 4) is 11.5 Å². The molecule has 0 aliphatic carbocycles. The minimum absolute atomic E-state index is 0. The van der Waals surface area contributed by atoms with E-state index >= 15 is 0 Å². The van der Waals surface area contributed by atoms with Crippen LogP contribution in [0.25, 0.3) is 0 Å². The molecule has 6 nitrogen and oxygen atoms in total. The fourth-order valence-corrected chi connectivity index (χ4v) is 2.94. The first-order chi connectivity index (χ1) is 11.7. The Kier molecular flexibility index (Phi) is 9.96. The molecule has 0 amide bonds. The Bertz CT molecular complexity index is 546. The quantitative estimate of drug-likeness (QED) is 0.400. The Morgan fingerprint density at radius 3 is 2.40 bits per heavy atom. The fourth-order valence-electron chi connectivity index (χ4n) is 2.94. The highest BCUT2D eigenvalue weighted by molar-refractivity contribution is 14.0. The van der Waals surface area contributed by atoms with Gasteiger partial charge in [-0.15, -0.1) is 24.0 Å². The molecule has 0 radical (unpaired) electrons. The van der Waals surface area contributed by atoms with Gasteiger partial charge in [0.05, 0.1) is 14.2 Å². The van der Waals surface area contributed by atoms with Gasteiger partial charge in [0.1, 0.15) is 11.5 Å². The Labute approximate surface area is 168 Å². The predicted octanol–water partition coefficient (Wildman–Crippen LogP) is 2.42. The number of rotatable bonds is 6. The number of nitrogens with zero attached hydrogens (tertiary/aromatic N) is 3. The third-order valence-corrected chi connectivity index (χ3v) is 4.20. The van der Waals surface area contributed by atoms with Crippen molar-refractivity contribution in [1.29, 1.82) is 0 Å². The normalized spacial score (nSPS) is 15.5. The molecule has 1 aromatic carbocycles. The van der Waals surface area contributed by atoms with Gasteiger partial charge in [0.2, 0.25) is 0 Å². The van der Waals surface area contributed by atoms with Gasteiger partial charge in [0.25, 0.3) is 0 Å². The van der Waals surface area contributed by atoms with E-state index in [2.05, 4.69) is 40.0 Å². The molecule has 1 fully saturated rings. The number of piperazine rings is 1. The van der Waals surface area contributed by atoms with E-state index in [1.807, 2.05) is 12.1 Å². The number of benzene rings is 1. The second-order valence-corrected chi connectivity index (χ2v) is 5.77. The number of hydrogen-bond donors (Lipinski definition) is 1. The summed E-state index contributed by atoms with van der Waals surface area (Å²) in [5.41, 5.74) is 1.17. The van der Waals surface area contributed by atoms with Crippen LogP contribution in [0, 0.1) is 0 Å². The molecule has 0 unspecified atom stereocenters. The number of hydrogen-bond acceptors (Lipinski definition) is 4. The summed E-state index contributed by atoms with van der Waals surface area (Å²) < 4.78 is 10.8. The predicted molar refractivity (Wildman–Crippen MR) is 113 cm³/mol. The summed E-state index contributed by atoms with van der Waals surface area (Å²) in [6, 6.07) is 5.97. The minimum atomic E-state index is 0. The summed E-state index contributed by atoms with van der Waals surface area (Å²) in [4.78, 5) is 9.36. The number of aliphatic imine (C=N–C) groups is 1. The van der Waals surface area contributed by atoms with Crippen molar-refractivity contribution >= 4 is 29.9 Å². The molecule has 1 aliphatic heterocycles. The maximum absolute atomic E-state index is 5.49. The van der Waals surface area contributed by atoms with Crippen molar-refractivity contribution < 1.29 is 9.47 Å². The molecule has 0 spiro atoms. The first kappa shape index (κ1) is 21.8. The van der Waals surface area contributed by atoms with Crippen LogP contribution in [0.3, 0.4) is 0 Å². The van der Waals surface area contributed by atoms with Gasteiger partial charge in [0.15, 0.2) is 5.96 Å². The van der Waals surface area contributed by atoms with E-state index in [1.54, 1.807) is 14.2 Å². The largest absolute Gasteiger partial charge is 0.497 e. The van der Waals surface area contributed by atoms with Crippen molar-refractivity contribution in [2.24, 2.45) is 4.99 Å². The number of guanidine groups is 1. The van der Waals surface area contributed by atoms with Gasteiger partial charge in [-0.05, 0) is 32.0 Å². The van der Waals surface area contributed by atoms with Gasteiger partial charge >= 0.3 is 0 Å². The van der Waals surface area contributed by atoms with E-state index in [1.165, 1.54) is 5.56 Å². The van der Waals surface area contributed by atoms with Gasteiger partial charge in [0, 0.05) is 51.4 Å². The summed E-state index contributed by atoms with van der Waals surface area (Å²) in [6.07, 6.45) is 0. The summed E-state index contributed by atoms with van der Waals surface area (Å²) in [5.74, 6) is 2.81. The van der Waals surface area contributed by atoms with Crippen molar-refractivity contribution in [2.75, 3.05) is 53.5 Å². The molecular formula is C18H31IN4O2. The molecule has 7 heteroatoms. The minimum Gasteiger partial charge on any atom is -0.497 e. The fraction of sp³-hybridized carbons (Fsp3) is 0.611. The van der Waals surface area contributed by atoms with Crippen LogP contribution in [-0.4, -0.2) is 69.2 Å². The molecule has 0 aromatic heterocycles. The van der Waals surface area contributed by atoms with Crippen LogP contribution in [0.5, 0.6) is 11.5 Å². The third-order valence-electron chi connectivity index (χ3n) is 4.20. The molecule has 0 atom stereocenters. The summed E-state index contributed by atoms with van der Waals surface area (Å²) in [6.45, 7) is 10.7. The first-order valence-electron chi connectivity index (χ1n) is 8.68. The molecule has 142 valence electrons. The smallest absolute Gasteiger partial charge is 0.193 e. The third kappa shape index (κ3) is 6.22. The molecule has 1 aliphatic rings. The number of methoxy groups -OCH3 is 2. The Morgan fingerprint density at radius 2 is 1.84 bits per heavy atom. The lowest BCUT2D eigenvalue weighted by atomic mass is 10.1. The van der Waals surface area contributed by atoms with Crippen molar-refractivity contribution in [3.63, 3.8) is 0 Å². The zero-order valence-electron chi connectivity index (χ0n) is 15.7. The average Bonchev–Trinajstić information content (AvgIpc) is 2.62. The highest BCUT2D eigenvalue weighted by atomic mass is 127.